The van der Waals surface area contributed by atoms with E-state index in [1.54, 1.807) is 28.8 Å². The number of carbonyl (C=O) groups excluding carboxylic acids is 3. The standard InChI is InChI=1S/C36H50ClN3O3S2/c1-25-13-18-34-32(21-25)31(27(3)40(34)36(43)28-14-16-29(37)17-15-28)22-30(41)11-9-7-5-4-6-8-10-12-35(42)33(24-45)39-20-19-38-26(2)23-44/h13-18,21,26,33,38-39,44-45H,4-12,19-20,22-24H2,1-3H3/t26-,33?/m1/s1. The van der Waals surface area contributed by atoms with Crippen LogP contribution < -0.4 is 10.6 Å². The lowest BCUT2D eigenvalue weighted by Gasteiger charge is -2.17. The van der Waals surface area contributed by atoms with Crippen molar-refractivity contribution in [2.75, 3.05) is 24.6 Å². The van der Waals surface area contributed by atoms with Crippen LogP contribution in [0.1, 0.15) is 91.9 Å². The van der Waals surface area contributed by atoms with E-state index < -0.39 is 0 Å². The van der Waals surface area contributed by atoms with Gasteiger partial charge in [-0.1, -0.05) is 55.3 Å². The fourth-order valence-corrected chi connectivity index (χ4v) is 6.27. The molecule has 0 fully saturated rings. The average molecular weight is 672 g/mol. The summed E-state index contributed by atoms with van der Waals surface area (Å²) in [6.45, 7) is 7.59. The molecule has 3 rings (SSSR count). The number of ketones is 2. The molecule has 9 heteroatoms. The first kappa shape index (κ1) is 37.4. The van der Waals surface area contributed by atoms with Gasteiger partial charge >= 0.3 is 0 Å². The van der Waals surface area contributed by atoms with Gasteiger partial charge in [0.05, 0.1) is 11.6 Å². The molecule has 6 nitrogen and oxygen atoms in total. The van der Waals surface area contributed by atoms with Crippen LogP contribution in [0.5, 0.6) is 0 Å². The van der Waals surface area contributed by atoms with Gasteiger partial charge in [-0.3, -0.25) is 19.0 Å². The number of carbonyl (C=O) groups is 3. The number of thiol groups is 2. The van der Waals surface area contributed by atoms with E-state index in [0.717, 1.165) is 91.5 Å². The van der Waals surface area contributed by atoms with Crippen LogP contribution >= 0.6 is 36.9 Å². The molecule has 1 aromatic heterocycles. The van der Waals surface area contributed by atoms with Crippen molar-refractivity contribution in [1.82, 2.24) is 15.2 Å². The Morgan fingerprint density at radius 2 is 1.44 bits per heavy atom. The van der Waals surface area contributed by atoms with Gasteiger partial charge in [-0.15, -0.1) is 0 Å². The van der Waals surface area contributed by atoms with Crippen molar-refractivity contribution in [2.45, 2.75) is 97.1 Å². The molecule has 1 heterocycles. The Morgan fingerprint density at radius 3 is 2.09 bits per heavy atom. The third-order valence-corrected chi connectivity index (χ3v) is 9.56. The summed E-state index contributed by atoms with van der Waals surface area (Å²) in [6.07, 6.45) is 8.61. The molecule has 0 saturated heterocycles. The highest BCUT2D eigenvalue weighted by Crippen LogP contribution is 2.29. The second-order valence-corrected chi connectivity index (χ2v) is 13.3. The van der Waals surface area contributed by atoms with Crippen LogP contribution in [0, 0.1) is 13.8 Å². The molecule has 0 amide bonds. The number of hydrogen-bond acceptors (Lipinski definition) is 7. The molecule has 246 valence electrons. The van der Waals surface area contributed by atoms with Gasteiger partial charge in [-0.2, -0.15) is 25.3 Å². The maximum Gasteiger partial charge on any atom is 0.262 e. The summed E-state index contributed by atoms with van der Waals surface area (Å²) in [6, 6.07) is 13.1. The highest BCUT2D eigenvalue weighted by Gasteiger charge is 2.21. The van der Waals surface area contributed by atoms with Gasteiger partial charge in [0.1, 0.15) is 5.78 Å². The lowest BCUT2D eigenvalue weighted by molar-refractivity contribution is -0.120. The molecule has 1 unspecified atom stereocenters. The fraction of sp³-hybridized carbons (Fsp3) is 0.528. The van der Waals surface area contributed by atoms with Crippen molar-refractivity contribution in [3.63, 3.8) is 0 Å². The molecule has 0 aliphatic carbocycles. The molecule has 0 aliphatic heterocycles. The number of benzene rings is 2. The minimum Gasteiger partial charge on any atom is -0.312 e. The topological polar surface area (TPSA) is 80.2 Å². The first-order valence-corrected chi connectivity index (χ1v) is 17.9. The maximum absolute atomic E-state index is 13.5. The van der Waals surface area contributed by atoms with Crippen molar-refractivity contribution in [3.8, 4) is 0 Å². The lowest BCUT2D eigenvalue weighted by Crippen LogP contribution is -2.43. The van der Waals surface area contributed by atoms with E-state index in [-0.39, 0.29) is 23.5 Å². The maximum atomic E-state index is 13.5. The summed E-state index contributed by atoms with van der Waals surface area (Å²) >= 11 is 14.7. The number of fused-ring (bicyclic) bond motifs is 1. The summed E-state index contributed by atoms with van der Waals surface area (Å²) in [5.74, 6) is 1.63. The SMILES string of the molecule is Cc1ccc2c(c1)c(CC(=O)CCCCCCCCCC(=O)C(CS)NCCN[C@H](C)CS)c(C)n2C(=O)c1ccc(Cl)cc1. The van der Waals surface area contributed by atoms with Gasteiger partial charge in [0.2, 0.25) is 0 Å². The van der Waals surface area contributed by atoms with Crippen LogP contribution in [0.25, 0.3) is 10.9 Å². The molecular weight excluding hydrogens is 622 g/mol. The van der Waals surface area contributed by atoms with E-state index in [1.807, 2.05) is 26.0 Å². The molecule has 0 saturated carbocycles. The number of nitrogens with one attached hydrogen (secondary N) is 2. The number of aryl methyl sites for hydroxylation is 1. The van der Waals surface area contributed by atoms with Gasteiger partial charge in [0.15, 0.2) is 5.78 Å². The minimum absolute atomic E-state index is 0.123. The van der Waals surface area contributed by atoms with Crippen LogP contribution in [0.15, 0.2) is 42.5 Å². The predicted molar refractivity (Wildman–Crippen MR) is 195 cm³/mol. The van der Waals surface area contributed by atoms with E-state index in [2.05, 4.69) is 48.9 Å². The number of hydrogen-bond donors (Lipinski definition) is 4. The second-order valence-electron chi connectivity index (χ2n) is 12.1. The van der Waals surface area contributed by atoms with Crippen LogP contribution in [0.4, 0.5) is 0 Å². The highest BCUT2D eigenvalue weighted by atomic mass is 35.5. The highest BCUT2D eigenvalue weighted by molar-refractivity contribution is 7.80. The van der Waals surface area contributed by atoms with Crippen molar-refractivity contribution < 1.29 is 14.4 Å². The number of rotatable bonds is 21. The summed E-state index contributed by atoms with van der Waals surface area (Å²) < 4.78 is 1.73. The van der Waals surface area contributed by atoms with Gasteiger partial charge < -0.3 is 10.6 Å². The summed E-state index contributed by atoms with van der Waals surface area (Å²) in [4.78, 5) is 39.1. The minimum atomic E-state index is -0.188. The molecule has 0 radical (unpaired) electrons. The number of unbranched alkanes of at least 4 members (excludes halogenated alkanes) is 6. The molecule has 0 aliphatic rings. The quantitative estimate of drug-likeness (QED) is 0.0694. The molecule has 0 spiro atoms. The zero-order valence-corrected chi connectivity index (χ0v) is 29.6. The summed E-state index contributed by atoms with van der Waals surface area (Å²) in [7, 11) is 0. The third kappa shape index (κ3) is 11.6. The number of Topliss-reactive ketones (excluding diaryl/α,β-unsaturated/α-hetero) is 2. The second kappa shape index (κ2) is 19.5. The Labute approximate surface area is 285 Å². The van der Waals surface area contributed by atoms with Crippen molar-refractivity contribution in [2.24, 2.45) is 0 Å². The molecule has 2 aromatic carbocycles. The van der Waals surface area contributed by atoms with Crippen molar-refractivity contribution in [1.29, 1.82) is 0 Å². The Bertz CT molecular complexity index is 1410. The van der Waals surface area contributed by atoms with Crippen molar-refractivity contribution in [3.05, 3.63) is 69.9 Å². The van der Waals surface area contributed by atoms with E-state index in [1.165, 1.54) is 0 Å². The van der Waals surface area contributed by atoms with Gasteiger partial charge in [-0.05, 0) is 75.6 Å². The molecule has 3 aromatic rings. The number of nitrogens with zero attached hydrogens (tertiary/aromatic N) is 1. The molecular formula is C36H50ClN3O3S2. The molecule has 2 atom stereocenters. The van der Waals surface area contributed by atoms with Crippen LogP contribution in [-0.4, -0.2) is 58.7 Å². The number of aromatic nitrogens is 1. The lowest BCUT2D eigenvalue weighted by atomic mass is 10.00. The largest absolute Gasteiger partial charge is 0.312 e. The van der Waals surface area contributed by atoms with Crippen LogP contribution in [-0.2, 0) is 16.0 Å². The summed E-state index contributed by atoms with van der Waals surface area (Å²) in [5, 5.41) is 8.23. The Balaban J connectivity index is 1.38. The summed E-state index contributed by atoms with van der Waals surface area (Å²) in [5.41, 5.74) is 4.23. The Hall–Kier alpha value is -2.10. The molecule has 0 bridgehead atoms. The smallest absolute Gasteiger partial charge is 0.262 e. The predicted octanol–water partition coefficient (Wildman–Crippen LogP) is 7.59. The Morgan fingerprint density at radius 1 is 0.822 bits per heavy atom. The molecule has 2 N–H and O–H groups in total. The zero-order chi connectivity index (χ0) is 32.8. The van der Waals surface area contributed by atoms with Crippen molar-refractivity contribution >= 4 is 65.2 Å². The van der Waals surface area contributed by atoms with Gasteiger partial charge in [0.25, 0.3) is 5.91 Å². The Kier molecular flexibility index (Phi) is 16.2. The van der Waals surface area contributed by atoms with Gasteiger partial charge in [0, 0.05) is 71.6 Å². The zero-order valence-electron chi connectivity index (χ0n) is 27.0. The van der Waals surface area contributed by atoms with E-state index in [4.69, 9.17) is 11.6 Å². The first-order chi connectivity index (χ1) is 21.7. The molecule has 45 heavy (non-hydrogen) atoms. The average Bonchev–Trinajstić information content (AvgIpc) is 3.29. The van der Waals surface area contributed by atoms with E-state index in [9.17, 15) is 14.4 Å². The monoisotopic (exact) mass is 671 g/mol. The fourth-order valence-electron chi connectivity index (χ4n) is 5.68. The normalized spacial score (nSPS) is 12.8. The van der Waals surface area contributed by atoms with Crippen LogP contribution in [0.2, 0.25) is 5.02 Å². The van der Waals surface area contributed by atoms with Crippen LogP contribution in [0.3, 0.4) is 0 Å². The van der Waals surface area contributed by atoms with E-state index in [0.29, 0.717) is 41.6 Å². The number of halogens is 1. The van der Waals surface area contributed by atoms with Gasteiger partial charge in [-0.25, -0.2) is 0 Å². The van der Waals surface area contributed by atoms with E-state index >= 15 is 0 Å². The third-order valence-electron chi connectivity index (χ3n) is 8.39. The first-order valence-electron chi connectivity index (χ1n) is 16.3.